The fraction of sp³-hybridized carbons (Fsp3) is 0.125. The van der Waals surface area contributed by atoms with Gasteiger partial charge in [0, 0.05) is 0 Å². The van der Waals surface area contributed by atoms with Crippen LogP contribution >= 0.6 is 0 Å². The zero-order valence-corrected chi connectivity index (χ0v) is 6.40. The maximum atomic E-state index is 11.4. The zero-order chi connectivity index (χ0) is 9.23. The quantitative estimate of drug-likeness (QED) is 0.521. The number of hydrogen-bond acceptors (Lipinski definition) is 2. The highest BCUT2D eigenvalue weighted by Gasteiger charge is 1.85. The van der Waals surface area contributed by atoms with Crippen molar-refractivity contribution in [3.8, 4) is 0 Å². The van der Waals surface area contributed by atoms with E-state index in [1.807, 2.05) is 30.3 Å². The third-order valence-electron chi connectivity index (χ3n) is 1.11. The van der Waals surface area contributed by atoms with Crippen LogP contribution in [0.25, 0.3) is 0 Å². The summed E-state index contributed by atoms with van der Waals surface area (Å²) in [5.74, 6) is 0. The van der Waals surface area contributed by atoms with Crippen LogP contribution in [0.1, 0.15) is 5.56 Å². The molecule has 0 aliphatic heterocycles. The van der Waals surface area contributed by atoms with Gasteiger partial charge in [-0.05, 0) is 5.56 Å². The number of nitrogens with one attached hydrogen (secondary N) is 1. The van der Waals surface area contributed by atoms with Gasteiger partial charge in [0.15, 0.2) is 0 Å². The molecule has 12 heavy (non-hydrogen) atoms. The van der Waals surface area contributed by atoms with Crippen molar-refractivity contribution in [3.63, 3.8) is 0 Å². The van der Waals surface area contributed by atoms with E-state index in [2.05, 4.69) is 0 Å². The molecular formula is C8H10FNO2. The van der Waals surface area contributed by atoms with Gasteiger partial charge >= 0.3 is 0 Å². The third kappa shape index (κ3) is 5.37. The van der Waals surface area contributed by atoms with E-state index < -0.39 is 0 Å². The predicted octanol–water partition coefficient (Wildman–Crippen LogP) is 1.36. The normalized spacial score (nSPS) is 8.08. The summed E-state index contributed by atoms with van der Waals surface area (Å²) in [6.45, 7) is 0.0425. The van der Waals surface area contributed by atoms with Gasteiger partial charge in [0.25, 0.3) is 6.47 Å². The standard InChI is InChI=1S/C7H8FN.CH2O2/c8-9-6-7-4-2-1-3-5-7;2-1-3/h1-5,9H,6H2;1H,(H,2,3). The molecule has 0 aliphatic rings. The van der Waals surface area contributed by atoms with Gasteiger partial charge in [0.05, 0.1) is 6.54 Å². The second-order valence-electron chi connectivity index (χ2n) is 1.90. The van der Waals surface area contributed by atoms with Gasteiger partial charge in [-0.1, -0.05) is 30.3 Å². The number of hydrogen-bond donors (Lipinski definition) is 2. The van der Waals surface area contributed by atoms with Crippen LogP contribution in [-0.2, 0) is 11.3 Å². The van der Waals surface area contributed by atoms with Crippen molar-refractivity contribution in [1.82, 2.24) is 5.54 Å². The summed E-state index contributed by atoms with van der Waals surface area (Å²) in [7, 11) is 0. The molecule has 0 aromatic heterocycles. The van der Waals surface area contributed by atoms with Crippen LogP contribution in [0.5, 0.6) is 0 Å². The molecule has 0 amide bonds. The first kappa shape index (κ1) is 10.6. The summed E-state index contributed by atoms with van der Waals surface area (Å²) in [5.41, 5.74) is 2.54. The molecule has 1 aromatic carbocycles. The minimum Gasteiger partial charge on any atom is -0.483 e. The van der Waals surface area contributed by atoms with Gasteiger partial charge in [0.2, 0.25) is 0 Å². The highest BCUT2D eigenvalue weighted by Crippen LogP contribution is 1.96. The first-order valence-electron chi connectivity index (χ1n) is 3.30. The number of carboxylic acid groups (broad SMARTS) is 1. The minimum absolute atomic E-state index is 0.250. The largest absolute Gasteiger partial charge is 0.483 e. The molecule has 66 valence electrons. The Morgan fingerprint density at radius 3 is 2.33 bits per heavy atom. The number of carbonyl (C=O) groups is 1. The van der Waals surface area contributed by atoms with Crippen LogP contribution in [0.15, 0.2) is 30.3 Å². The monoisotopic (exact) mass is 171 g/mol. The first-order valence-corrected chi connectivity index (χ1v) is 3.30. The van der Waals surface area contributed by atoms with Crippen molar-refractivity contribution in [2.24, 2.45) is 0 Å². The summed E-state index contributed by atoms with van der Waals surface area (Å²) < 4.78 is 11.4. The lowest BCUT2D eigenvalue weighted by Crippen LogP contribution is -1.98. The van der Waals surface area contributed by atoms with Crippen molar-refractivity contribution in [1.29, 1.82) is 0 Å². The van der Waals surface area contributed by atoms with E-state index in [1.165, 1.54) is 0 Å². The SMILES string of the molecule is FNCc1ccccc1.O=CO. The molecule has 0 saturated carbocycles. The topological polar surface area (TPSA) is 49.3 Å². The van der Waals surface area contributed by atoms with Crippen LogP contribution in [-0.4, -0.2) is 11.6 Å². The average molecular weight is 171 g/mol. The van der Waals surface area contributed by atoms with Crippen LogP contribution in [0, 0.1) is 0 Å². The fourth-order valence-electron chi connectivity index (χ4n) is 0.673. The highest BCUT2D eigenvalue weighted by molar-refractivity contribution is 5.32. The molecular weight excluding hydrogens is 161 g/mol. The van der Waals surface area contributed by atoms with E-state index >= 15 is 0 Å². The van der Waals surface area contributed by atoms with Crippen molar-refractivity contribution in [2.75, 3.05) is 0 Å². The van der Waals surface area contributed by atoms with E-state index in [0.29, 0.717) is 6.54 Å². The Hall–Kier alpha value is -1.42. The average Bonchev–Trinajstić information content (AvgIpc) is 2.08. The second kappa shape index (κ2) is 7.68. The predicted molar refractivity (Wildman–Crippen MR) is 43.1 cm³/mol. The van der Waals surface area contributed by atoms with E-state index in [4.69, 9.17) is 9.90 Å². The summed E-state index contributed by atoms with van der Waals surface area (Å²) in [5, 5.41) is 6.89. The maximum Gasteiger partial charge on any atom is 0.290 e. The Morgan fingerprint density at radius 2 is 1.92 bits per heavy atom. The van der Waals surface area contributed by atoms with Crippen LogP contribution in [0.3, 0.4) is 0 Å². The van der Waals surface area contributed by atoms with Crippen LogP contribution < -0.4 is 5.54 Å². The molecule has 3 nitrogen and oxygen atoms in total. The van der Waals surface area contributed by atoms with Gasteiger partial charge in [-0.15, -0.1) is 4.48 Å². The summed E-state index contributed by atoms with van der Waals surface area (Å²) in [4.78, 5) is 8.36. The summed E-state index contributed by atoms with van der Waals surface area (Å²) in [6.07, 6.45) is 0. The van der Waals surface area contributed by atoms with Gasteiger partial charge < -0.3 is 5.11 Å². The molecule has 0 saturated heterocycles. The van der Waals surface area contributed by atoms with E-state index in [-0.39, 0.29) is 6.47 Å². The van der Waals surface area contributed by atoms with Crippen molar-refractivity contribution in [3.05, 3.63) is 35.9 Å². The lowest BCUT2D eigenvalue weighted by Gasteiger charge is -1.93. The van der Waals surface area contributed by atoms with Crippen molar-refractivity contribution >= 4 is 6.47 Å². The minimum atomic E-state index is -0.250. The van der Waals surface area contributed by atoms with Crippen molar-refractivity contribution in [2.45, 2.75) is 6.54 Å². The van der Waals surface area contributed by atoms with Gasteiger partial charge in [-0.3, -0.25) is 4.79 Å². The maximum absolute atomic E-state index is 11.4. The van der Waals surface area contributed by atoms with Gasteiger partial charge in [-0.25, -0.2) is 0 Å². The van der Waals surface area contributed by atoms with Crippen LogP contribution in [0.4, 0.5) is 4.48 Å². The van der Waals surface area contributed by atoms with Gasteiger partial charge in [-0.2, -0.15) is 5.54 Å². The van der Waals surface area contributed by atoms with Crippen LogP contribution in [0.2, 0.25) is 0 Å². The zero-order valence-electron chi connectivity index (χ0n) is 6.40. The summed E-state index contributed by atoms with van der Waals surface area (Å²) >= 11 is 0. The molecule has 1 aromatic rings. The molecule has 0 fully saturated rings. The van der Waals surface area contributed by atoms with E-state index in [0.717, 1.165) is 5.56 Å². The molecule has 0 unspecified atom stereocenters. The first-order chi connectivity index (χ1) is 5.85. The Balaban J connectivity index is 0.000000354. The Labute approximate surface area is 69.8 Å². The lowest BCUT2D eigenvalue weighted by molar-refractivity contribution is -0.122. The Bertz CT molecular complexity index is 203. The molecule has 0 spiro atoms. The Kier molecular flexibility index (Phi) is 6.78. The lowest BCUT2D eigenvalue weighted by atomic mass is 10.2. The van der Waals surface area contributed by atoms with E-state index in [9.17, 15) is 4.48 Å². The molecule has 0 radical (unpaired) electrons. The summed E-state index contributed by atoms with van der Waals surface area (Å²) in [6, 6.07) is 9.40. The fourth-order valence-corrected chi connectivity index (χ4v) is 0.673. The molecule has 0 aliphatic carbocycles. The number of rotatable bonds is 2. The van der Waals surface area contributed by atoms with Gasteiger partial charge in [0.1, 0.15) is 0 Å². The molecule has 2 N–H and O–H groups in total. The molecule has 0 bridgehead atoms. The van der Waals surface area contributed by atoms with E-state index in [1.54, 1.807) is 5.54 Å². The highest BCUT2D eigenvalue weighted by atomic mass is 19.2. The smallest absolute Gasteiger partial charge is 0.290 e. The number of benzene rings is 1. The molecule has 0 atom stereocenters. The van der Waals surface area contributed by atoms with Crippen molar-refractivity contribution < 1.29 is 14.4 Å². The molecule has 1 rings (SSSR count). The molecule has 0 heterocycles. The number of halogens is 1. The Morgan fingerprint density at radius 1 is 1.42 bits per heavy atom. The second-order valence-corrected chi connectivity index (χ2v) is 1.90. The third-order valence-corrected chi connectivity index (χ3v) is 1.11. The molecule has 4 heteroatoms.